The highest BCUT2D eigenvalue weighted by molar-refractivity contribution is 5.77. The smallest absolute Gasteiger partial charge is 0.226 e. The van der Waals surface area contributed by atoms with Crippen LogP contribution in [0, 0.1) is 0 Å². The van der Waals surface area contributed by atoms with Gasteiger partial charge in [-0.2, -0.15) is 0 Å². The predicted octanol–water partition coefficient (Wildman–Crippen LogP) is 1.44. The standard InChI is InChI=1S/C15H29N3O/c1-5-8-15(19)18-12-6-9-14(13-18)17(4)11-7-10-16(2)3/h5,14H,1,6-13H2,2-4H3. The minimum atomic E-state index is 0.224. The number of piperidine rings is 1. The summed E-state index contributed by atoms with van der Waals surface area (Å²) in [4.78, 5) is 18.5. The van der Waals surface area contributed by atoms with Gasteiger partial charge in [0, 0.05) is 25.6 Å². The molecule has 0 saturated carbocycles. The summed E-state index contributed by atoms with van der Waals surface area (Å²) in [6, 6.07) is 0.518. The quantitative estimate of drug-likeness (QED) is 0.653. The summed E-state index contributed by atoms with van der Waals surface area (Å²) in [6.45, 7) is 7.66. The molecule has 1 heterocycles. The zero-order valence-corrected chi connectivity index (χ0v) is 12.8. The Balaban J connectivity index is 2.36. The van der Waals surface area contributed by atoms with E-state index in [1.165, 1.54) is 12.8 Å². The lowest BCUT2D eigenvalue weighted by molar-refractivity contribution is -0.132. The molecule has 0 spiro atoms. The van der Waals surface area contributed by atoms with Crippen LogP contribution in [0.2, 0.25) is 0 Å². The van der Waals surface area contributed by atoms with Gasteiger partial charge in [-0.3, -0.25) is 4.79 Å². The second kappa shape index (κ2) is 8.33. The molecule has 19 heavy (non-hydrogen) atoms. The van der Waals surface area contributed by atoms with E-state index in [9.17, 15) is 4.79 Å². The molecular formula is C15H29N3O. The van der Waals surface area contributed by atoms with Gasteiger partial charge in [0.25, 0.3) is 0 Å². The Kier molecular flexibility index (Phi) is 7.10. The topological polar surface area (TPSA) is 26.8 Å². The lowest BCUT2D eigenvalue weighted by Gasteiger charge is -2.37. The van der Waals surface area contributed by atoms with Crippen LogP contribution in [0.3, 0.4) is 0 Å². The van der Waals surface area contributed by atoms with Gasteiger partial charge in [-0.1, -0.05) is 6.08 Å². The van der Waals surface area contributed by atoms with Crippen LogP contribution < -0.4 is 0 Å². The van der Waals surface area contributed by atoms with Crippen LogP contribution in [0.4, 0.5) is 0 Å². The summed E-state index contributed by atoms with van der Waals surface area (Å²) < 4.78 is 0. The van der Waals surface area contributed by atoms with Gasteiger partial charge in [0.15, 0.2) is 0 Å². The molecule has 0 aromatic rings. The van der Waals surface area contributed by atoms with E-state index in [4.69, 9.17) is 0 Å². The summed E-state index contributed by atoms with van der Waals surface area (Å²) in [7, 11) is 6.40. The highest BCUT2D eigenvalue weighted by Gasteiger charge is 2.25. The minimum absolute atomic E-state index is 0.224. The predicted molar refractivity (Wildman–Crippen MR) is 80.2 cm³/mol. The summed E-state index contributed by atoms with van der Waals surface area (Å²) in [6.07, 6.45) is 5.67. The Labute approximate surface area is 118 Å². The Bertz CT molecular complexity index is 291. The van der Waals surface area contributed by atoms with Crippen molar-refractivity contribution in [2.24, 2.45) is 0 Å². The fourth-order valence-electron chi connectivity index (χ4n) is 2.61. The number of likely N-dealkylation sites (tertiary alicyclic amines) is 1. The molecule has 0 radical (unpaired) electrons. The molecule has 1 saturated heterocycles. The zero-order chi connectivity index (χ0) is 14.3. The lowest BCUT2D eigenvalue weighted by Crippen LogP contribution is -2.48. The van der Waals surface area contributed by atoms with E-state index in [1.807, 2.05) is 4.90 Å². The first-order chi connectivity index (χ1) is 9.04. The second-order valence-electron chi connectivity index (χ2n) is 5.77. The molecule has 1 rings (SSSR count). The van der Waals surface area contributed by atoms with E-state index in [-0.39, 0.29) is 5.91 Å². The maximum Gasteiger partial charge on any atom is 0.226 e. The van der Waals surface area contributed by atoms with Crippen molar-refractivity contribution < 1.29 is 4.79 Å². The molecule has 1 fully saturated rings. The molecule has 1 unspecified atom stereocenters. The fraction of sp³-hybridized carbons (Fsp3) is 0.800. The van der Waals surface area contributed by atoms with Crippen molar-refractivity contribution >= 4 is 5.91 Å². The molecule has 0 aromatic carbocycles. The fourth-order valence-corrected chi connectivity index (χ4v) is 2.61. The van der Waals surface area contributed by atoms with E-state index >= 15 is 0 Å². The Hall–Kier alpha value is -0.870. The summed E-state index contributed by atoms with van der Waals surface area (Å²) in [5.74, 6) is 0.224. The van der Waals surface area contributed by atoms with Crippen molar-refractivity contribution in [3.63, 3.8) is 0 Å². The van der Waals surface area contributed by atoms with Crippen LogP contribution in [0.1, 0.15) is 25.7 Å². The summed E-state index contributed by atoms with van der Waals surface area (Å²) >= 11 is 0. The third kappa shape index (κ3) is 5.74. The number of nitrogens with zero attached hydrogens (tertiary/aromatic N) is 3. The van der Waals surface area contributed by atoms with Crippen molar-refractivity contribution in [2.45, 2.75) is 31.7 Å². The first kappa shape index (κ1) is 16.2. The third-order valence-corrected chi connectivity index (χ3v) is 3.81. The molecule has 1 atom stereocenters. The van der Waals surface area contributed by atoms with Crippen molar-refractivity contribution in [3.05, 3.63) is 12.7 Å². The van der Waals surface area contributed by atoms with Crippen LogP contribution in [0.25, 0.3) is 0 Å². The molecule has 1 aliphatic heterocycles. The molecule has 110 valence electrons. The maximum atomic E-state index is 11.9. The van der Waals surface area contributed by atoms with E-state index in [1.54, 1.807) is 6.08 Å². The van der Waals surface area contributed by atoms with Gasteiger partial charge >= 0.3 is 0 Å². The van der Waals surface area contributed by atoms with Gasteiger partial charge in [-0.25, -0.2) is 0 Å². The van der Waals surface area contributed by atoms with E-state index in [0.717, 1.165) is 32.6 Å². The van der Waals surface area contributed by atoms with Crippen molar-refractivity contribution in [1.82, 2.24) is 14.7 Å². The van der Waals surface area contributed by atoms with Crippen molar-refractivity contribution in [2.75, 3.05) is 47.3 Å². The molecular weight excluding hydrogens is 238 g/mol. The van der Waals surface area contributed by atoms with Gasteiger partial charge in [-0.15, -0.1) is 6.58 Å². The van der Waals surface area contributed by atoms with Gasteiger partial charge in [0.1, 0.15) is 0 Å². The highest BCUT2D eigenvalue weighted by Crippen LogP contribution is 2.16. The molecule has 1 aliphatic rings. The first-order valence-corrected chi connectivity index (χ1v) is 7.28. The largest absolute Gasteiger partial charge is 0.341 e. The van der Waals surface area contributed by atoms with Gasteiger partial charge in [0.05, 0.1) is 0 Å². The lowest BCUT2D eigenvalue weighted by atomic mass is 10.0. The monoisotopic (exact) mass is 267 g/mol. The van der Waals surface area contributed by atoms with Gasteiger partial charge < -0.3 is 14.7 Å². The minimum Gasteiger partial charge on any atom is -0.341 e. The van der Waals surface area contributed by atoms with Gasteiger partial charge in [0.2, 0.25) is 5.91 Å². The number of hydrogen-bond donors (Lipinski definition) is 0. The van der Waals surface area contributed by atoms with E-state index < -0.39 is 0 Å². The maximum absolute atomic E-state index is 11.9. The molecule has 0 aromatic heterocycles. The van der Waals surface area contributed by atoms with Crippen LogP contribution in [0.15, 0.2) is 12.7 Å². The molecule has 4 heteroatoms. The van der Waals surface area contributed by atoms with E-state index in [2.05, 4.69) is 37.5 Å². The van der Waals surface area contributed by atoms with Gasteiger partial charge in [-0.05, 0) is 53.5 Å². The van der Waals surface area contributed by atoms with Crippen LogP contribution in [0.5, 0.6) is 0 Å². The Morgan fingerprint density at radius 3 is 2.74 bits per heavy atom. The van der Waals surface area contributed by atoms with Crippen LogP contribution in [-0.2, 0) is 4.79 Å². The average molecular weight is 267 g/mol. The number of amides is 1. The van der Waals surface area contributed by atoms with Crippen molar-refractivity contribution in [3.8, 4) is 0 Å². The van der Waals surface area contributed by atoms with Crippen LogP contribution >= 0.6 is 0 Å². The molecule has 1 amide bonds. The number of carbonyl (C=O) groups excluding carboxylic acids is 1. The van der Waals surface area contributed by atoms with E-state index in [0.29, 0.717) is 12.5 Å². The molecule has 4 nitrogen and oxygen atoms in total. The highest BCUT2D eigenvalue weighted by atomic mass is 16.2. The number of likely N-dealkylation sites (N-methyl/N-ethyl adjacent to an activating group) is 1. The molecule has 0 aliphatic carbocycles. The first-order valence-electron chi connectivity index (χ1n) is 7.28. The Morgan fingerprint density at radius 2 is 2.11 bits per heavy atom. The number of rotatable bonds is 7. The third-order valence-electron chi connectivity index (χ3n) is 3.81. The molecule has 0 N–H and O–H groups in total. The van der Waals surface area contributed by atoms with Crippen molar-refractivity contribution in [1.29, 1.82) is 0 Å². The molecule has 0 bridgehead atoms. The van der Waals surface area contributed by atoms with Crippen LogP contribution in [-0.4, -0.2) is 74.0 Å². The SMILES string of the molecule is C=CCC(=O)N1CCCC(N(C)CCCN(C)C)C1. The normalized spacial score (nSPS) is 20.1. The summed E-state index contributed by atoms with van der Waals surface area (Å²) in [5.41, 5.74) is 0. The average Bonchev–Trinajstić information content (AvgIpc) is 2.38. The number of hydrogen-bond acceptors (Lipinski definition) is 3. The summed E-state index contributed by atoms with van der Waals surface area (Å²) in [5, 5.41) is 0. The number of carbonyl (C=O) groups is 1. The zero-order valence-electron chi connectivity index (χ0n) is 12.8. The Morgan fingerprint density at radius 1 is 1.37 bits per heavy atom. The second-order valence-corrected chi connectivity index (χ2v) is 5.77.